The van der Waals surface area contributed by atoms with Gasteiger partial charge in [0, 0.05) is 11.7 Å². The number of imidazole rings is 1. The van der Waals surface area contributed by atoms with Crippen molar-refractivity contribution in [3.05, 3.63) is 17.7 Å². The number of aryl methyl sites for hydroxylation is 1. The molecule has 0 spiro atoms. The van der Waals surface area contributed by atoms with Crippen LogP contribution in [0.5, 0.6) is 0 Å². The topological polar surface area (TPSA) is 27.1 Å². The van der Waals surface area contributed by atoms with Crippen LogP contribution in [0.2, 0.25) is 0 Å². The van der Waals surface area contributed by atoms with Crippen molar-refractivity contribution >= 4 is 0 Å². The van der Waals surface area contributed by atoms with Crippen molar-refractivity contribution in [1.29, 1.82) is 0 Å². The second-order valence-electron chi connectivity index (χ2n) is 7.09. The average molecular weight is 276 g/mol. The number of aromatic nitrogens is 2. The third-order valence-corrected chi connectivity index (χ3v) is 5.10. The zero-order valence-electron chi connectivity index (χ0n) is 13.3. The van der Waals surface area contributed by atoms with Crippen molar-refractivity contribution in [2.75, 3.05) is 6.61 Å². The fourth-order valence-electron chi connectivity index (χ4n) is 3.89. The molecule has 0 aromatic carbocycles. The summed E-state index contributed by atoms with van der Waals surface area (Å²) in [5.41, 5.74) is 2.85. The van der Waals surface area contributed by atoms with Gasteiger partial charge in [0.1, 0.15) is 0 Å². The Labute approximate surface area is 122 Å². The average Bonchev–Trinajstić information content (AvgIpc) is 2.85. The summed E-state index contributed by atoms with van der Waals surface area (Å²) in [6, 6.07) is 0.528. The summed E-state index contributed by atoms with van der Waals surface area (Å²) in [7, 11) is 0. The molecule has 0 amide bonds. The second-order valence-corrected chi connectivity index (χ2v) is 7.09. The van der Waals surface area contributed by atoms with Gasteiger partial charge in [0.05, 0.1) is 24.7 Å². The van der Waals surface area contributed by atoms with Crippen LogP contribution >= 0.6 is 0 Å². The van der Waals surface area contributed by atoms with Gasteiger partial charge in [-0.15, -0.1) is 0 Å². The van der Waals surface area contributed by atoms with Gasteiger partial charge in [-0.3, -0.25) is 0 Å². The lowest BCUT2D eigenvalue weighted by molar-refractivity contribution is 0.0656. The number of fused-ring (bicyclic) bond motifs is 2. The lowest BCUT2D eigenvalue weighted by Crippen LogP contribution is -2.08. The molecule has 112 valence electrons. The largest absolute Gasteiger partial charge is 0.378 e. The van der Waals surface area contributed by atoms with Crippen LogP contribution in [0.1, 0.15) is 58.0 Å². The molecular weight excluding hydrogens is 248 g/mol. The lowest BCUT2D eigenvalue weighted by atomic mass is 10.0. The highest BCUT2D eigenvalue weighted by Crippen LogP contribution is 2.53. The van der Waals surface area contributed by atoms with E-state index in [9.17, 15) is 0 Å². The Bertz CT molecular complexity index is 464. The Morgan fingerprint density at radius 3 is 2.55 bits per heavy atom. The molecule has 0 aliphatic heterocycles. The standard InChI is InChI=1S/C17H28N2O/c1-11(2)19-10-18-16-7-5-13-14(6-8-17(16)19)15(13)9-20-12(3)4/h10-15H,5-9H2,1-4H3. The Balaban J connectivity index is 1.65. The van der Waals surface area contributed by atoms with Gasteiger partial charge in [0.25, 0.3) is 0 Å². The fraction of sp³-hybridized carbons (Fsp3) is 0.824. The Kier molecular flexibility index (Phi) is 3.89. The molecule has 3 heteroatoms. The van der Waals surface area contributed by atoms with Crippen molar-refractivity contribution in [3.63, 3.8) is 0 Å². The van der Waals surface area contributed by atoms with Crippen LogP contribution in [0.15, 0.2) is 6.33 Å². The lowest BCUT2D eigenvalue weighted by Gasteiger charge is -2.15. The van der Waals surface area contributed by atoms with E-state index in [2.05, 4.69) is 37.2 Å². The first-order valence-corrected chi connectivity index (χ1v) is 8.24. The van der Waals surface area contributed by atoms with Crippen LogP contribution in [0.25, 0.3) is 0 Å². The highest BCUT2D eigenvalue weighted by Gasteiger charge is 2.49. The van der Waals surface area contributed by atoms with E-state index in [0.29, 0.717) is 12.1 Å². The molecule has 3 unspecified atom stereocenters. The van der Waals surface area contributed by atoms with E-state index in [1.165, 1.54) is 30.7 Å². The van der Waals surface area contributed by atoms with Crippen LogP contribution in [0.4, 0.5) is 0 Å². The van der Waals surface area contributed by atoms with Crippen LogP contribution in [-0.2, 0) is 17.6 Å². The fourth-order valence-corrected chi connectivity index (χ4v) is 3.89. The Morgan fingerprint density at radius 1 is 1.20 bits per heavy atom. The molecule has 2 aliphatic carbocycles. The maximum absolute atomic E-state index is 5.84. The summed E-state index contributed by atoms with van der Waals surface area (Å²) < 4.78 is 8.21. The predicted molar refractivity (Wildman–Crippen MR) is 80.8 cm³/mol. The number of ether oxygens (including phenoxy) is 1. The normalized spacial score (nSPS) is 29.0. The molecule has 1 aromatic heterocycles. The summed E-state index contributed by atoms with van der Waals surface area (Å²) in [6.45, 7) is 9.74. The van der Waals surface area contributed by atoms with E-state index >= 15 is 0 Å². The monoisotopic (exact) mass is 276 g/mol. The van der Waals surface area contributed by atoms with Gasteiger partial charge in [-0.05, 0) is 71.1 Å². The Hall–Kier alpha value is -0.830. The molecule has 1 saturated carbocycles. The van der Waals surface area contributed by atoms with Gasteiger partial charge in [0.2, 0.25) is 0 Å². The minimum absolute atomic E-state index is 0.367. The van der Waals surface area contributed by atoms with Gasteiger partial charge in [-0.2, -0.15) is 0 Å². The molecule has 20 heavy (non-hydrogen) atoms. The number of nitrogens with zero attached hydrogens (tertiary/aromatic N) is 2. The number of hydrogen-bond acceptors (Lipinski definition) is 2. The van der Waals surface area contributed by atoms with Crippen LogP contribution in [0.3, 0.4) is 0 Å². The maximum atomic E-state index is 5.84. The van der Waals surface area contributed by atoms with E-state index in [4.69, 9.17) is 4.74 Å². The van der Waals surface area contributed by atoms with Crippen LogP contribution < -0.4 is 0 Å². The van der Waals surface area contributed by atoms with Gasteiger partial charge in [0.15, 0.2) is 0 Å². The zero-order chi connectivity index (χ0) is 14.3. The van der Waals surface area contributed by atoms with Crippen molar-refractivity contribution in [2.45, 2.75) is 65.5 Å². The Morgan fingerprint density at radius 2 is 1.90 bits per heavy atom. The summed E-state index contributed by atoms with van der Waals surface area (Å²) in [4.78, 5) is 4.66. The smallest absolute Gasteiger partial charge is 0.0954 e. The number of rotatable bonds is 4. The van der Waals surface area contributed by atoms with Crippen molar-refractivity contribution in [3.8, 4) is 0 Å². The minimum atomic E-state index is 0.367. The van der Waals surface area contributed by atoms with E-state index in [1.54, 1.807) is 0 Å². The summed E-state index contributed by atoms with van der Waals surface area (Å²) in [6.07, 6.45) is 7.40. The maximum Gasteiger partial charge on any atom is 0.0954 e. The van der Waals surface area contributed by atoms with Gasteiger partial charge in [-0.1, -0.05) is 0 Å². The molecule has 2 aliphatic rings. The van der Waals surface area contributed by atoms with E-state index in [0.717, 1.165) is 30.8 Å². The van der Waals surface area contributed by atoms with Gasteiger partial charge in [-0.25, -0.2) is 4.98 Å². The first-order chi connectivity index (χ1) is 9.58. The molecule has 3 nitrogen and oxygen atoms in total. The highest BCUT2D eigenvalue weighted by atomic mass is 16.5. The van der Waals surface area contributed by atoms with E-state index in [-0.39, 0.29) is 0 Å². The molecule has 0 saturated heterocycles. The first-order valence-electron chi connectivity index (χ1n) is 8.24. The molecule has 1 heterocycles. The SMILES string of the molecule is CC(C)OCC1C2CCc3ncn(C(C)C)c3CCC21. The predicted octanol–water partition coefficient (Wildman–Crippen LogP) is 3.63. The van der Waals surface area contributed by atoms with E-state index < -0.39 is 0 Å². The molecule has 1 fully saturated rings. The van der Waals surface area contributed by atoms with Crippen LogP contribution in [0, 0.1) is 17.8 Å². The second kappa shape index (κ2) is 5.51. The summed E-state index contributed by atoms with van der Waals surface area (Å²) >= 11 is 0. The molecule has 3 rings (SSSR count). The molecule has 0 bridgehead atoms. The molecule has 0 N–H and O–H groups in total. The van der Waals surface area contributed by atoms with Crippen molar-refractivity contribution in [2.24, 2.45) is 17.8 Å². The minimum Gasteiger partial charge on any atom is -0.378 e. The third kappa shape index (κ3) is 2.65. The summed E-state index contributed by atoms with van der Waals surface area (Å²) in [5.74, 6) is 2.61. The molecular formula is C17H28N2O. The highest BCUT2D eigenvalue weighted by molar-refractivity contribution is 5.18. The van der Waals surface area contributed by atoms with Gasteiger partial charge < -0.3 is 9.30 Å². The van der Waals surface area contributed by atoms with Crippen molar-refractivity contribution < 1.29 is 4.74 Å². The quantitative estimate of drug-likeness (QED) is 0.839. The van der Waals surface area contributed by atoms with Crippen LogP contribution in [-0.4, -0.2) is 22.3 Å². The van der Waals surface area contributed by atoms with Gasteiger partial charge >= 0.3 is 0 Å². The third-order valence-electron chi connectivity index (χ3n) is 5.10. The summed E-state index contributed by atoms with van der Waals surface area (Å²) in [5, 5.41) is 0. The van der Waals surface area contributed by atoms with Crippen molar-refractivity contribution in [1.82, 2.24) is 9.55 Å². The molecule has 1 aromatic rings. The molecule has 3 atom stereocenters. The first kappa shape index (κ1) is 14.1. The van der Waals surface area contributed by atoms with E-state index in [1.807, 2.05) is 6.33 Å². The molecule has 0 radical (unpaired) electrons. The number of hydrogen-bond donors (Lipinski definition) is 0. The zero-order valence-corrected chi connectivity index (χ0v) is 13.3.